The Bertz CT molecular complexity index is 990. The highest BCUT2D eigenvalue weighted by molar-refractivity contribution is 8.00. The summed E-state index contributed by atoms with van der Waals surface area (Å²) in [7, 11) is -3.36. The van der Waals surface area contributed by atoms with Gasteiger partial charge in [-0.2, -0.15) is 0 Å². The van der Waals surface area contributed by atoms with Gasteiger partial charge in [-0.1, -0.05) is 30.3 Å². The van der Waals surface area contributed by atoms with Crippen LogP contribution in [0.2, 0.25) is 5.02 Å². The van der Waals surface area contributed by atoms with Crippen molar-refractivity contribution in [1.82, 2.24) is 19.7 Å². The Labute approximate surface area is 167 Å². The molecule has 27 heavy (non-hydrogen) atoms. The van der Waals surface area contributed by atoms with Crippen molar-refractivity contribution in [2.24, 2.45) is 0 Å². The van der Waals surface area contributed by atoms with E-state index in [9.17, 15) is 8.42 Å². The second kappa shape index (κ2) is 8.86. The maximum absolute atomic E-state index is 12.5. The zero-order chi connectivity index (χ0) is 19.3. The first-order valence-electron chi connectivity index (χ1n) is 8.46. The topological polar surface area (TPSA) is 77.7 Å². The normalized spacial score (nSPS) is 11.6. The van der Waals surface area contributed by atoms with Gasteiger partial charge in [-0.3, -0.25) is 4.98 Å². The molecule has 0 N–H and O–H groups in total. The lowest BCUT2D eigenvalue weighted by Crippen LogP contribution is -2.09. The molecule has 0 spiro atoms. The van der Waals surface area contributed by atoms with Gasteiger partial charge in [-0.05, 0) is 42.8 Å². The lowest BCUT2D eigenvalue weighted by Gasteiger charge is -2.09. The van der Waals surface area contributed by atoms with Crippen LogP contribution in [0.15, 0.2) is 58.8 Å². The maximum Gasteiger partial charge on any atom is 0.191 e. The van der Waals surface area contributed by atoms with E-state index in [1.54, 1.807) is 24.5 Å². The first-order valence-corrected chi connectivity index (χ1v) is 11.5. The highest BCUT2D eigenvalue weighted by Crippen LogP contribution is 2.25. The van der Waals surface area contributed by atoms with Crippen LogP contribution < -0.4 is 0 Å². The van der Waals surface area contributed by atoms with Gasteiger partial charge in [0.2, 0.25) is 0 Å². The van der Waals surface area contributed by atoms with E-state index in [-0.39, 0.29) is 10.6 Å². The third-order valence-electron chi connectivity index (χ3n) is 3.86. The van der Waals surface area contributed by atoms with Crippen molar-refractivity contribution in [3.8, 4) is 11.4 Å². The van der Waals surface area contributed by atoms with Crippen LogP contribution in [0, 0.1) is 0 Å². The van der Waals surface area contributed by atoms with Crippen LogP contribution in [0.5, 0.6) is 0 Å². The predicted octanol–water partition coefficient (Wildman–Crippen LogP) is 3.97. The third kappa shape index (κ3) is 4.88. The Morgan fingerprint density at radius 2 is 1.78 bits per heavy atom. The maximum atomic E-state index is 12.5. The summed E-state index contributed by atoms with van der Waals surface area (Å²) >= 11 is 7.22. The fourth-order valence-corrected chi connectivity index (χ4v) is 5.28. The molecular weight excluding hydrogens is 404 g/mol. The fraction of sp³-hybridized carbons (Fsp3) is 0.278. The van der Waals surface area contributed by atoms with Crippen LogP contribution in [0.3, 0.4) is 0 Å². The molecule has 3 rings (SSSR count). The van der Waals surface area contributed by atoms with Gasteiger partial charge in [0, 0.05) is 35.3 Å². The van der Waals surface area contributed by atoms with Crippen LogP contribution in [0.25, 0.3) is 11.4 Å². The van der Waals surface area contributed by atoms with Gasteiger partial charge in [0.25, 0.3) is 0 Å². The SMILES string of the molecule is CCCn1c(SCCS(=O)(=O)c2ccc(Cl)cc2)nnc1-c1ccncc1. The molecule has 0 aliphatic rings. The summed E-state index contributed by atoms with van der Waals surface area (Å²) in [6.45, 7) is 2.84. The monoisotopic (exact) mass is 422 g/mol. The minimum absolute atomic E-state index is 0.0167. The molecule has 0 saturated carbocycles. The Kier molecular flexibility index (Phi) is 6.51. The van der Waals surface area contributed by atoms with E-state index in [1.807, 2.05) is 16.7 Å². The molecule has 1 aromatic carbocycles. The van der Waals surface area contributed by atoms with E-state index < -0.39 is 9.84 Å². The van der Waals surface area contributed by atoms with Gasteiger partial charge in [-0.25, -0.2) is 8.42 Å². The molecule has 0 fully saturated rings. The molecule has 2 aromatic heterocycles. The number of aromatic nitrogens is 4. The molecule has 142 valence electrons. The van der Waals surface area contributed by atoms with E-state index in [0.29, 0.717) is 10.8 Å². The number of nitrogens with zero attached hydrogens (tertiary/aromatic N) is 4. The highest BCUT2D eigenvalue weighted by Gasteiger charge is 2.17. The smallest absolute Gasteiger partial charge is 0.191 e. The van der Waals surface area contributed by atoms with Gasteiger partial charge >= 0.3 is 0 Å². The molecule has 9 heteroatoms. The Balaban J connectivity index is 1.72. The molecule has 0 bridgehead atoms. The number of hydrogen-bond donors (Lipinski definition) is 0. The average Bonchev–Trinajstić information content (AvgIpc) is 3.06. The minimum atomic E-state index is -3.36. The summed E-state index contributed by atoms with van der Waals surface area (Å²) in [5.41, 5.74) is 0.937. The summed E-state index contributed by atoms with van der Waals surface area (Å²) in [6.07, 6.45) is 4.35. The lowest BCUT2D eigenvalue weighted by molar-refractivity contribution is 0.597. The number of pyridine rings is 1. The summed E-state index contributed by atoms with van der Waals surface area (Å²) < 4.78 is 27.0. The van der Waals surface area contributed by atoms with Crippen molar-refractivity contribution in [2.45, 2.75) is 29.9 Å². The number of sulfone groups is 1. The quantitative estimate of drug-likeness (QED) is 0.511. The molecule has 0 amide bonds. The van der Waals surface area contributed by atoms with Crippen molar-refractivity contribution >= 4 is 33.2 Å². The van der Waals surface area contributed by atoms with E-state index in [2.05, 4.69) is 22.1 Å². The first-order chi connectivity index (χ1) is 13.0. The minimum Gasteiger partial charge on any atom is -0.302 e. The molecule has 0 aliphatic heterocycles. The number of hydrogen-bond acceptors (Lipinski definition) is 6. The van der Waals surface area contributed by atoms with Gasteiger partial charge in [0.1, 0.15) is 0 Å². The molecule has 0 atom stereocenters. The molecule has 3 aromatic rings. The van der Waals surface area contributed by atoms with E-state index in [4.69, 9.17) is 11.6 Å². The number of thioether (sulfide) groups is 1. The van der Waals surface area contributed by atoms with Crippen LogP contribution in [-0.2, 0) is 16.4 Å². The van der Waals surface area contributed by atoms with Gasteiger partial charge in [-0.15, -0.1) is 10.2 Å². The third-order valence-corrected chi connectivity index (χ3v) is 7.07. The summed E-state index contributed by atoms with van der Waals surface area (Å²) in [5.74, 6) is 1.17. The number of benzene rings is 1. The standard InChI is InChI=1S/C18H19ClN4O2S2/c1-2-11-23-17(14-7-9-20-10-8-14)21-22-18(23)26-12-13-27(24,25)16-5-3-15(19)4-6-16/h3-10H,2,11-13H2,1H3. The second-order valence-electron chi connectivity index (χ2n) is 5.81. The largest absolute Gasteiger partial charge is 0.302 e. The molecule has 6 nitrogen and oxygen atoms in total. The first kappa shape index (κ1) is 19.9. The van der Waals surface area contributed by atoms with Crippen molar-refractivity contribution in [3.63, 3.8) is 0 Å². The van der Waals surface area contributed by atoms with E-state index in [0.717, 1.165) is 29.5 Å². The van der Waals surface area contributed by atoms with Crippen molar-refractivity contribution in [1.29, 1.82) is 0 Å². The molecule has 0 saturated heterocycles. The second-order valence-corrected chi connectivity index (χ2v) is 9.42. The van der Waals surface area contributed by atoms with Crippen LogP contribution >= 0.6 is 23.4 Å². The summed E-state index contributed by atoms with van der Waals surface area (Å²) in [6, 6.07) is 10.00. The zero-order valence-corrected chi connectivity index (χ0v) is 17.1. The summed E-state index contributed by atoms with van der Waals surface area (Å²) in [4.78, 5) is 4.30. The fourth-order valence-electron chi connectivity index (χ4n) is 2.54. The van der Waals surface area contributed by atoms with Crippen molar-refractivity contribution < 1.29 is 8.42 Å². The van der Waals surface area contributed by atoms with Crippen molar-refractivity contribution in [2.75, 3.05) is 11.5 Å². The number of halogens is 1. The lowest BCUT2D eigenvalue weighted by atomic mass is 10.2. The van der Waals surface area contributed by atoms with Crippen molar-refractivity contribution in [3.05, 3.63) is 53.8 Å². The average molecular weight is 423 g/mol. The van der Waals surface area contributed by atoms with Crippen LogP contribution in [0.1, 0.15) is 13.3 Å². The molecule has 0 unspecified atom stereocenters. The van der Waals surface area contributed by atoms with E-state index in [1.165, 1.54) is 23.9 Å². The Morgan fingerprint density at radius 1 is 1.07 bits per heavy atom. The zero-order valence-electron chi connectivity index (χ0n) is 14.7. The van der Waals surface area contributed by atoms with Gasteiger partial charge in [0.15, 0.2) is 20.8 Å². The summed E-state index contributed by atoms with van der Waals surface area (Å²) in [5, 5.41) is 9.78. The van der Waals surface area contributed by atoms with E-state index >= 15 is 0 Å². The molecule has 0 aliphatic carbocycles. The van der Waals surface area contributed by atoms with Gasteiger partial charge in [0.05, 0.1) is 10.6 Å². The highest BCUT2D eigenvalue weighted by atomic mass is 35.5. The molecule has 2 heterocycles. The van der Waals surface area contributed by atoms with Gasteiger partial charge < -0.3 is 4.57 Å². The predicted molar refractivity (Wildman–Crippen MR) is 108 cm³/mol. The van der Waals surface area contributed by atoms with Crippen LogP contribution in [0.4, 0.5) is 0 Å². The number of rotatable bonds is 8. The Morgan fingerprint density at radius 3 is 2.44 bits per heavy atom. The Hall–Kier alpha value is -1.90. The van der Waals surface area contributed by atoms with Crippen LogP contribution in [-0.4, -0.2) is 39.7 Å². The molecule has 0 radical (unpaired) electrons. The molecular formula is C18H19ClN4O2S2.